The maximum Gasteiger partial charge on any atom is 0.298 e. The van der Waals surface area contributed by atoms with Gasteiger partial charge in [0.2, 0.25) is 0 Å². The number of benzene rings is 2. The van der Waals surface area contributed by atoms with E-state index in [0.717, 1.165) is 29.9 Å². The van der Waals surface area contributed by atoms with Gasteiger partial charge in [0, 0.05) is 29.6 Å². The van der Waals surface area contributed by atoms with Crippen LogP contribution in [-0.4, -0.2) is 33.7 Å². The Balaban J connectivity index is 1.50. The molecule has 0 unspecified atom stereocenters. The highest BCUT2D eigenvalue weighted by Gasteiger charge is 2.28. The normalized spacial score (nSPS) is 14.8. The lowest BCUT2D eigenvalue weighted by molar-refractivity contribution is 0.351. The molecule has 3 aromatic rings. The second kappa shape index (κ2) is 9.77. The first-order valence-corrected chi connectivity index (χ1v) is 12.2. The zero-order valence-corrected chi connectivity index (χ0v) is 20.8. The van der Waals surface area contributed by atoms with Crippen molar-refractivity contribution in [3.05, 3.63) is 63.4 Å². The standard InChI is InChI=1S/C24H26Cl2N4OS/c1-16-13-21(19(26)14-20(16)27-15-30-11-5-4-6-12-30)31-23-28-22(29-32-23)24(2,3)17-7-9-18(25)10-8-17/h7-10,13-15H,4-6,11-12H2,1-3H3/b27-15-. The Morgan fingerprint density at radius 2 is 1.81 bits per heavy atom. The lowest BCUT2D eigenvalue weighted by Crippen LogP contribution is -2.28. The summed E-state index contributed by atoms with van der Waals surface area (Å²) in [5, 5.41) is 1.65. The Kier molecular flexibility index (Phi) is 7.03. The van der Waals surface area contributed by atoms with Gasteiger partial charge in [-0.15, -0.1) is 0 Å². The van der Waals surface area contributed by atoms with E-state index >= 15 is 0 Å². The van der Waals surface area contributed by atoms with Crippen molar-refractivity contribution in [3.63, 3.8) is 0 Å². The molecule has 0 amide bonds. The molecule has 1 aromatic heterocycles. The fourth-order valence-corrected chi connectivity index (χ4v) is 4.64. The van der Waals surface area contributed by atoms with Crippen molar-refractivity contribution in [1.82, 2.24) is 14.3 Å². The first kappa shape index (κ1) is 23.0. The van der Waals surface area contributed by atoms with E-state index in [9.17, 15) is 0 Å². The van der Waals surface area contributed by atoms with Crippen LogP contribution in [0.3, 0.4) is 0 Å². The molecule has 8 heteroatoms. The van der Waals surface area contributed by atoms with Gasteiger partial charge in [-0.3, -0.25) is 0 Å². The number of halogens is 2. The molecule has 4 rings (SSSR count). The predicted molar refractivity (Wildman–Crippen MR) is 133 cm³/mol. The average Bonchev–Trinajstić information content (AvgIpc) is 3.26. The van der Waals surface area contributed by atoms with Crippen LogP contribution in [0.5, 0.6) is 10.9 Å². The molecule has 1 fully saturated rings. The van der Waals surface area contributed by atoms with Crippen LogP contribution in [0.15, 0.2) is 41.4 Å². The number of aliphatic imine (C=N–C) groups is 1. The van der Waals surface area contributed by atoms with Gasteiger partial charge in [-0.05, 0) is 75.4 Å². The van der Waals surface area contributed by atoms with Crippen molar-refractivity contribution in [3.8, 4) is 10.9 Å². The van der Waals surface area contributed by atoms with E-state index in [1.54, 1.807) is 0 Å². The van der Waals surface area contributed by atoms with Gasteiger partial charge < -0.3 is 9.64 Å². The predicted octanol–water partition coefficient (Wildman–Crippen LogP) is 7.42. The third kappa shape index (κ3) is 5.25. The molecule has 0 aliphatic carbocycles. The number of hydrogen-bond acceptors (Lipinski definition) is 5. The number of aromatic nitrogens is 2. The van der Waals surface area contributed by atoms with Crippen LogP contribution in [0, 0.1) is 6.92 Å². The summed E-state index contributed by atoms with van der Waals surface area (Å²) in [6.07, 6.45) is 5.66. The first-order valence-electron chi connectivity index (χ1n) is 10.7. The molecule has 2 heterocycles. The van der Waals surface area contributed by atoms with E-state index in [0.29, 0.717) is 26.8 Å². The molecule has 1 saturated heterocycles. The van der Waals surface area contributed by atoms with E-state index in [4.69, 9.17) is 27.9 Å². The molecular formula is C24H26Cl2N4OS. The third-order valence-electron chi connectivity index (χ3n) is 5.73. The van der Waals surface area contributed by atoms with Gasteiger partial charge in [0.25, 0.3) is 5.19 Å². The zero-order chi connectivity index (χ0) is 22.7. The van der Waals surface area contributed by atoms with Crippen LogP contribution in [0.25, 0.3) is 0 Å². The molecule has 32 heavy (non-hydrogen) atoms. The van der Waals surface area contributed by atoms with E-state index in [2.05, 4.69) is 33.1 Å². The number of piperidine rings is 1. The second-order valence-electron chi connectivity index (χ2n) is 8.53. The summed E-state index contributed by atoms with van der Waals surface area (Å²) in [5.41, 5.74) is 2.53. The number of aryl methyl sites for hydroxylation is 1. The third-order valence-corrected chi connectivity index (χ3v) is 6.87. The monoisotopic (exact) mass is 488 g/mol. The topological polar surface area (TPSA) is 50.6 Å². The van der Waals surface area contributed by atoms with Crippen molar-refractivity contribution < 1.29 is 4.74 Å². The van der Waals surface area contributed by atoms with Gasteiger partial charge in [-0.1, -0.05) is 35.3 Å². The molecule has 0 spiro atoms. The van der Waals surface area contributed by atoms with Crippen molar-refractivity contribution in [1.29, 1.82) is 0 Å². The van der Waals surface area contributed by atoms with Crippen molar-refractivity contribution >= 4 is 46.8 Å². The summed E-state index contributed by atoms with van der Waals surface area (Å²) in [7, 11) is 0. The number of nitrogens with zero attached hydrogens (tertiary/aromatic N) is 4. The fraction of sp³-hybridized carbons (Fsp3) is 0.375. The molecule has 168 valence electrons. The zero-order valence-electron chi connectivity index (χ0n) is 18.4. The van der Waals surface area contributed by atoms with Crippen molar-refractivity contribution in [2.75, 3.05) is 13.1 Å². The largest absolute Gasteiger partial charge is 0.428 e. The first-order chi connectivity index (χ1) is 15.3. The summed E-state index contributed by atoms with van der Waals surface area (Å²) in [5.74, 6) is 1.24. The maximum absolute atomic E-state index is 6.51. The summed E-state index contributed by atoms with van der Waals surface area (Å²) in [4.78, 5) is 11.5. The van der Waals surface area contributed by atoms with Gasteiger partial charge in [0.1, 0.15) is 5.75 Å². The number of ether oxygens (including phenoxy) is 1. The minimum absolute atomic E-state index is 0.380. The molecule has 1 aliphatic heterocycles. The Labute approximate surface area is 203 Å². The van der Waals surface area contributed by atoms with Crippen LogP contribution >= 0.6 is 34.7 Å². The smallest absolute Gasteiger partial charge is 0.298 e. The SMILES string of the molecule is Cc1cc(Oc2nc(C(C)(C)c3ccc(Cl)cc3)ns2)c(Cl)cc1/N=C\N1CCCCC1. The number of rotatable bonds is 6. The second-order valence-corrected chi connectivity index (χ2v) is 10.1. The Hall–Kier alpha value is -2.15. The van der Waals surface area contributed by atoms with Gasteiger partial charge >= 0.3 is 0 Å². The van der Waals surface area contributed by atoms with E-state index < -0.39 is 0 Å². The Morgan fingerprint density at radius 3 is 2.53 bits per heavy atom. The highest BCUT2D eigenvalue weighted by atomic mass is 35.5. The molecule has 0 saturated carbocycles. The van der Waals surface area contributed by atoms with E-state index in [-0.39, 0.29) is 5.41 Å². The van der Waals surface area contributed by atoms with Gasteiger partial charge in [0.15, 0.2) is 5.82 Å². The summed E-state index contributed by atoms with van der Waals surface area (Å²) in [6.45, 7) is 8.27. The van der Waals surface area contributed by atoms with Crippen LogP contribution in [0.1, 0.15) is 50.1 Å². The lowest BCUT2D eigenvalue weighted by Gasteiger charge is -2.23. The van der Waals surface area contributed by atoms with Crippen molar-refractivity contribution in [2.24, 2.45) is 4.99 Å². The molecule has 0 atom stereocenters. The van der Waals surface area contributed by atoms with Gasteiger partial charge in [-0.25, -0.2) is 4.99 Å². The molecule has 0 N–H and O–H groups in total. The van der Waals surface area contributed by atoms with Crippen molar-refractivity contribution in [2.45, 2.75) is 45.4 Å². The van der Waals surface area contributed by atoms with Crippen LogP contribution in [0.2, 0.25) is 10.0 Å². The summed E-state index contributed by atoms with van der Waals surface area (Å²) in [6, 6.07) is 11.5. The van der Waals surface area contributed by atoms with Crippen LogP contribution in [0.4, 0.5) is 5.69 Å². The summed E-state index contributed by atoms with van der Waals surface area (Å²) >= 11 is 13.8. The molecular weight excluding hydrogens is 463 g/mol. The minimum atomic E-state index is -0.380. The Bertz CT molecular complexity index is 1110. The lowest BCUT2D eigenvalue weighted by atomic mass is 9.84. The molecule has 0 radical (unpaired) electrons. The van der Waals surface area contributed by atoms with Gasteiger partial charge in [-0.2, -0.15) is 9.36 Å². The Morgan fingerprint density at radius 1 is 1.09 bits per heavy atom. The molecule has 0 bridgehead atoms. The highest BCUT2D eigenvalue weighted by molar-refractivity contribution is 7.07. The maximum atomic E-state index is 6.51. The van der Waals surface area contributed by atoms with E-state index in [1.165, 1.54) is 30.8 Å². The molecule has 2 aromatic carbocycles. The number of hydrogen-bond donors (Lipinski definition) is 0. The fourth-order valence-electron chi connectivity index (χ4n) is 3.63. The average molecular weight is 489 g/mol. The van der Waals surface area contributed by atoms with Crippen LogP contribution < -0.4 is 4.74 Å². The quantitative estimate of drug-likeness (QED) is 0.267. The minimum Gasteiger partial charge on any atom is -0.428 e. The highest BCUT2D eigenvalue weighted by Crippen LogP contribution is 2.38. The number of likely N-dealkylation sites (tertiary alicyclic amines) is 1. The van der Waals surface area contributed by atoms with Crippen LogP contribution in [-0.2, 0) is 5.41 Å². The van der Waals surface area contributed by atoms with Gasteiger partial charge in [0.05, 0.1) is 22.5 Å². The molecule has 5 nitrogen and oxygen atoms in total. The molecule has 1 aliphatic rings. The van der Waals surface area contributed by atoms with E-state index in [1.807, 2.05) is 49.7 Å². The summed E-state index contributed by atoms with van der Waals surface area (Å²) < 4.78 is 10.5.